The molecule has 0 atom stereocenters. The fourth-order valence-electron chi connectivity index (χ4n) is 2.92. The van der Waals surface area contributed by atoms with E-state index < -0.39 is 35.4 Å². The number of amides is 2. The number of aromatic nitrogens is 4. The van der Waals surface area contributed by atoms with Gasteiger partial charge in [0.2, 0.25) is 0 Å². The Labute approximate surface area is 202 Å². The normalized spacial score (nSPS) is 10.2. The Bertz CT molecular complexity index is 1470. The zero-order chi connectivity index (χ0) is 26.2. The molecule has 0 aliphatic rings. The van der Waals surface area contributed by atoms with Crippen molar-refractivity contribution in [3.05, 3.63) is 93.0 Å². The summed E-state index contributed by atoms with van der Waals surface area (Å²) in [5.74, 6) is -2.72. The Morgan fingerprint density at radius 2 is 1.22 bits per heavy atom. The molecule has 0 aromatic carbocycles. The number of nitrogens with one attached hydrogen (secondary N) is 2. The number of Topliss-reactive ketones (excluding diaryl/α,β-unsaturated/α-hetero) is 1. The van der Waals surface area contributed by atoms with Crippen molar-refractivity contribution >= 4 is 34.9 Å². The first-order chi connectivity index (χ1) is 17.2. The van der Waals surface area contributed by atoms with Gasteiger partial charge in [-0.3, -0.25) is 37.6 Å². The van der Waals surface area contributed by atoms with Crippen molar-refractivity contribution in [3.63, 3.8) is 0 Å². The number of nitrogens with zero attached hydrogens (tertiary/aromatic N) is 4. The average molecular weight is 492 g/mol. The molecule has 4 rings (SSSR count). The van der Waals surface area contributed by atoms with Crippen LogP contribution in [0.4, 0.5) is 0 Å². The van der Waals surface area contributed by atoms with Gasteiger partial charge in [-0.15, -0.1) is 0 Å². The molecule has 0 saturated carbocycles. The predicted octanol–water partition coefficient (Wildman–Crippen LogP) is -0.478. The van der Waals surface area contributed by atoms with Gasteiger partial charge in [-0.1, -0.05) is 12.1 Å². The third kappa shape index (κ3) is 6.02. The number of carbonyl (C=O) groups excluding carboxylic acids is 3. The highest BCUT2D eigenvalue weighted by atomic mass is 16.4. The molecule has 4 aromatic heterocycles. The van der Waals surface area contributed by atoms with Crippen molar-refractivity contribution in [2.45, 2.75) is 6.92 Å². The zero-order valence-electron chi connectivity index (χ0n) is 18.9. The largest absolute Gasteiger partial charge is 0.480 e. The molecule has 0 fully saturated rings. The van der Waals surface area contributed by atoms with Crippen LogP contribution in [0.5, 0.6) is 0 Å². The number of carboxylic acid groups (broad SMARTS) is 1. The fraction of sp³-hybridized carbons (Fsp3) is 0.130. The van der Waals surface area contributed by atoms with Crippen molar-refractivity contribution in [2.75, 3.05) is 13.1 Å². The van der Waals surface area contributed by atoms with Gasteiger partial charge in [0.1, 0.15) is 34.7 Å². The van der Waals surface area contributed by atoms with E-state index >= 15 is 0 Å². The molecular weight excluding hydrogens is 472 g/mol. The summed E-state index contributed by atoms with van der Waals surface area (Å²) in [5.41, 5.74) is -0.395. The highest BCUT2D eigenvalue weighted by molar-refractivity contribution is 5.96. The highest BCUT2D eigenvalue weighted by Crippen LogP contribution is 1.98. The Kier molecular flexibility index (Phi) is 7.97. The number of hydrogen-bond acceptors (Lipinski definition) is 8. The van der Waals surface area contributed by atoms with Crippen molar-refractivity contribution in [1.82, 2.24) is 29.4 Å². The molecule has 13 heteroatoms. The van der Waals surface area contributed by atoms with E-state index in [4.69, 9.17) is 5.11 Å². The van der Waals surface area contributed by atoms with E-state index in [9.17, 15) is 28.8 Å². The maximum absolute atomic E-state index is 12.0. The lowest BCUT2D eigenvalue weighted by molar-refractivity contribution is -0.135. The maximum Gasteiger partial charge on any atom is 0.322 e. The van der Waals surface area contributed by atoms with Crippen LogP contribution in [0.25, 0.3) is 11.3 Å². The SMILES string of the molecule is CC(=O)CNC(=O)c1cnc2ccccn2c1=O.O=C(O)CNC(=O)c1cnc2ccccn2c1=O. The molecule has 36 heavy (non-hydrogen) atoms. The first-order valence-corrected chi connectivity index (χ1v) is 10.4. The second-order valence-electron chi connectivity index (χ2n) is 7.27. The number of carbonyl (C=O) groups is 4. The van der Waals surface area contributed by atoms with E-state index in [1.807, 2.05) is 0 Å². The summed E-state index contributed by atoms with van der Waals surface area (Å²) >= 11 is 0. The van der Waals surface area contributed by atoms with Crippen LogP contribution in [0.3, 0.4) is 0 Å². The molecule has 0 aliphatic heterocycles. The van der Waals surface area contributed by atoms with Gasteiger partial charge in [-0.2, -0.15) is 0 Å². The van der Waals surface area contributed by atoms with E-state index in [2.05, 4.69) is 20.6 Å². The zero-order valence-corrected chi connectivity index (χ0v) is 18.9. The van der Waals surface area contributed by atoms with E-state index in [1.54, 1.807) is 36.4 Å². The Morgan fingerprint density at radius 3 is 1.64 bits per heavy atom. The molecule has 13 nitrogen and oxygen atoms in total. The van der Waals surface area contributed by atoms with Crippen molar-refractivity contribution in [2.24, 2.45) is 0 Å². The summed E-state index contributed by atoms with van der Waals surface area (Å²) in [6.07, 6.45) is 5.37. The third-order valence-corrected chi connectivity index (χ3v) is 4.61. The minimum Gasteiger partial charge on any atom is -0.480 e. The second-order valence-corrected chi connectivity index (χ2v) is 7.27. The molecule has 4 heterocycles. The molecule has 0 spiro atoms. The maximum atomic E-state index is 12.0. The fourth-order valence-corrected chi connectivity index (χ4v) is 2.92. The highest BCUT2D eigenvalue weighted by Gasteiger charge is 2.14. The molecular formula is C23H20N6O7. The van der Waals surface area contributed by atoms with Gasteiger partial charge in [0, 0.05) is 24.8 Å². The van der Waals surface area contributed by atoms with Crippen LogP contribution in [0, 0.1) is 0 Å². The van der Waals surface area contributed by atoms with Gasteiger partial charge < -0.3 is 15.7 Å². The van der Waals surface area contributed by atoms with Crippen molar-refractivity contribution < 1.29 is 24.3 Å². The summed E-state index contributed by atoms with van der Waals surface area (Å²) < 4.78 is 2.50. The summed E-state index contributed by atoms with van der Waals surface area (Å²) in [4.78, 5) is 76.2. The average Bonchev–Trinajstić information content (AvgIpc) is 2.87. The molecule has 4 aromatic rings. The number of pyridine rings is 2. The number of aliphatic carboxylic acids is 1. The third-order valence-electron chi connectivity index (χ3n) is 4.61. The van der Waals surface area contributed by atoms with E-state index in [0.717, 1.165) is 6.20 Å². The monoisotopic (exact) mass is 492 g/mol. The minimum atomic E-state index is -1.18. The lowest BCUT2D eigenvalue weighted by atomic mass is 10.3. The van der Waals surface area contributed by atoms with Crippen LogP contribution < -0.4 is 21.8 Å². The van der Waals surface area contributed by atoms with Crippen LogP contribution in [0.15, 0.2) is 70.8 Å². The molecule has 0 saturated heterocycles. The number of hydrogen-bond donors (Lipinski definition) is 3. The van der Waals surface area contributed by atoms with Crippen LogP contribution in [-0.2, 0) is 9.59 Å². The van der Waals surface area contributed by atoms with Crippen molar-refractivity contribution in [3.8, 4) is 0 Å². The topological polar surface area (TPSA) is 181 Å². The van der Waals surface area contributed by atoms with Crippen LogP contribution in [0.2, 0.25) is 0 Å². The predicted molar refractivity (Wildman–Crippen MR) is 126 cm³/mol. The van der Waals surface area contributed by atoms with Gasteiger partial charge in [0.15, 0.2) is 0 Å². The number of ketones is 1. The quantitative estimate of drug-likeness (QED) is 0.320. The standard InChI is InChI=1S/C12H11N3O3.C11H9N3O4/c1-8(16)6-14-11(17)9-7-13-10-4-2-3-5-15(10)12(9)18;15-9(16)6-13-10(17)7-5-12-8-3-1-2-4-14(8)11(7)18/h2-5,7H,6H2,1H3,(H,14,17);1-5H,6H2,(H,13,17)(H,15,16). The smallest absolute Gasteiger partial charge is 0.322 e. The van der Waals surface area contributed by atoms with E-state index in [1.165, 1.54) is 34.3 Å². The summed E-state index contributed by atoms with van der Waals surface area (Å²) in [6, 6.07) is 10.1. The number of rotatable bonds is 6. The minimum absolute atomic E-state index is 0.0834. The summed E-state index contributed by atoms with van der Waals surface area (Å²) in [5, 5.41) is 12.9. The first-order valence-electron chi connectivity index (χ1n) is 10.4. The lowest BCUT2D eigenvalue weighted by Crippen LogP contribution is -2.34. The molecule has 3 N–H and O–H groups in total. The van der Waals surface area contributed by atoms with Crippen LogP contribution in [-0.4, -0.2) is 60.5 Å². The van der Waals surface area contributed by atoms with Crippen LogP contribution >= 0.6 is 0 Å². The number of carboxylic acids is 1. The Morgan fingerprint density at radius 1 is 0.778 bits per heavy atom. The lowest BCUT2D eigenvalue weighted by Gasteiger charge is -2.04. The summed E-state index contributed by atoms with van der Waals surface area (Å²) in [7, 11) is 0. The van der Waals surface area contributed by atoms with Gasteiger partial charge in [0.05, 0.1) is 6.54 Å². The molecule has 0 aliphatic carbocycles. The first kappa shape index (κ1) is 25.4. The summed E-state index contributed by atoms with van der Waals surface area (Å²) in [6.45, 7) is 0.706. The second kappa shape index (κ2) is 11.3. The Hall–Kier alpha value is -5.20. The molecule has 0 radical (unpaired) electrons. The molecule has 2 amide bonds. The number of fused-ring (bicyclic) bond motifs is 2. The molecule has 0 unspecified atom stereocenters. The van der Waals surface area contributed by atoms with E-state index in [0.29, 0.717) is 11.3 Å². The van der Waals surface area contributed by atoms with Gasteiger partial charge in [0.25, 0.3) is 22.9 Å². The van der Waals surface area contributed by atoms with Crippen molar-refractivity contribution in [1.29, 1.82) is 0 Å². The van der Waals surface area contributed by atoms with Gasteiger partial charge in [-0.25, -0.2) is 9.97 Å². The van der Waals surface area contributed by atoms with E-state index in [-0.39, 0.29) is 23.5 Å². The Balaban J connectivity index is 0.000000201. The molecule has 0 bridgehead atoms. The van der Waals surface area contributed by atoms with Crippen LogP contribution in [0.1, 0.15) is 27.6 Å². The van der Waals surface area contributed by atoms with Gasteiger partial charge in [-0.05, 0) is 31.2 Å². The molecule has 184 valence electrons. The van der Waals surface area contributed by atoms with Gasteiger partial charge >= 0.3 is 5.97 Å².